The minimum Gasteiger partial charge on any atom is -0.374 e. The van der Waals surface area contributed by atoms with Gasteiger partial charge >= 0.3 is 0 Å². The van der Waals surface area contributed by atoms with E-state index >= 15 is 0 Å². The van der Waals surface area contributed by atoms with Crippen LogP contribution in [0.25, 0.3) is 0 Å². The monoisotopic (exact) mass is 323 g/mol. The Bertz CT molecular complexity index is 483. The molecule has 4 heteroatoms. The lowest BCUT2D eigenvalue weighted by atomic mass is 10.1. The van der Waals surface area contributed by atoms with Crippen LogP contribution in [-0.4, -0.2) is 36.1 Å². The summed E-state index contributed by atoms with van der Waals surface area (Å²) in [5.74, 6) is 0.143. The molecule has 1 aromatic rings. The molecule has 2 fully saturated rings. The highest BCUT2D eigenvalue weighted by Crippen LogP contribution is 2.31. The summed E-state index contributed by atoms with van der Waals surface area (Å²) >= 11 is 3.47. The number of halogens is 1. The standard InChI is InChI=1S/C15H18BrNO2/c1-10-7-11(9-12(16)8-10)15(18)17-5-6-19-14-4-2-3-13(14)17/h7-9,13-14H,2-6H2,1H3. The van der Waals surface area contributed by atoms with E-state index in [-0.39, 0.29) is 18.1 Å². The van der Waals surface area contributed by atoms with E-state index in [1.54, 1.807) is 0 Å². The van der Waals surface area contributed by atoms with E-state index in [9.17, 15) is 4.79 Å². The van der Waals surface area contributed by atoms with Gasteiger partial charge in [-0.25, -0.2) is 0 Å². The van der Waals surface area contributed by atoms with Gasteiger partial charge in [0.1, 0.15) is 0 Å². The lowest BCUT2D eigenvalue weighted by molar-refractivity contribution is -0.0445. The summed E-state index contributed by atoms with van der Waals surface area (Å²) in [5.41, 5.74) is 1.88. The van der Waals surface area contributed by atoms with E-state index in [2.05, 4.69) is 15.9 Å². The van der Waals surface area contributed by atoms with Crippen molar-refractivity contribution in [1.82, 2.24) is 4.90 Å². The molecule has 2 unspecified atom stereocenters. The van der Waals surface area contributed by atoms with Gasteiger partial charge < -0.3 is 9.64 Å². The van der Waals surface area contributed by atoms with Crippen LogP contribution in [0.1, 0.15) is 35.2 Å². The molecule has 1 aliphatic carbocycles. The molecule has 1 saturated heterocycles. The van der Waals surface area contributed by atoms with Gasteiger partial charge in [0.25, 0.3) is 5.91 Å². The Labute approximate surface area is 122 Å². The molecule has 19 heavy (non-hydrogen) atoms. The zero-order valence-corrected chi connectivity index (χ0v) is 12.6. The Morgan fingerprint density at radius 2 is 2.21 bits per heavy atom. The molecule has 0 N–H and O–H groups in total. The molecule has 3 rings (SSSR count). The number of morpholine rings is 1. The van der Waals surface area contributed by atoms with Crippen LogP contribution in [0.2, 0.25) is 0 Å². The van der Waals surface area contributed by atoms with Crippen molar-refractivity contribution in [2.75, 3.05) is 13.2 Å². The number of rotatable bonds is 1. The van der Waals surface area contributed by atoms with Gasteiger partial charge in [-0.15, -0.1) is 0 Å². The molecule has 1 heterocycles. The molecule has 0 radical (unpaired) electrons. The Morgan fingerprint density at radius 1 is 1.37 bits per heavy atom. The van der Waals surface area contributed by atoms with Crippen LogP contribution in [0.4, 0.5) is 0 Å². The third kappa shape index (κ3) is 2.56. The van der Waals surface area contributed by atoms with Crippen molar-refractivity contribution in [3.05, 3.63) is 33.8 Å². The van der Waals surface area contributed by atoms with Gasteiger partial charge in [0.15, 0.2) is 0 Å². The molecule has 0 bridgehead atoms. The Hall–Kier alpha value is -0.870. The summed E-state index contributed by atoms with van der Waals surface area (Å²) in [6.45, 7) is 3.39. The first-order chi connectivity index (χ1) is 9.15. The second-order valence-electron chi connectivity index (χ2n) is 5.42. The average molecular weight is 324 g/mol. The summed E-state index contributed by atoms with van der Waals surface area (Å²) in [4.78, 5) is 14.7. The van der Waals surface area contributed by atoms with Crippen LogP contribution < -0.4 is 0 Å². The molecule has 1 amide bonds. The summed E-state index contributed by atoms with van der Waals surface area (Å²) in [6.07, 6.45) is 3.58. The molecule has 0 aromatic heterocycles. The molecule has 0 spiro atoms. The fourth-order valence-corrected chi connectivity index (χ4v) is 3.81. The van der Waals surface area contributed by atoms with Gasteiger partial charge in [-0.1, -0.05) is 15.9 Å². The predicted octanol–water partition coefficient (Wildman–Crippen LogP) is 3.15. The van der Waals surface area contributed by atoms with Crippen molar-refractivity contribution in [2.45, 2.75) is 38.3 Å². The van der Waals surface area contributed by atoms with E-state index in [0.717, 1.165) is 34.9 Å². The number of hydrogen-bond donors (Lipinski definition) is 0. The van der Waals surface area contributed by atoms with Crippen molar-refractivity contribution in [2.24, 2.45) is 0 Å². The Morgan fingerprint density at radius 3 is 3.00 bits per heavy atom. The van der Waals surface area contributed by atoms with Gasteiger partial charge in [-0.3, -0.25) is 4.79 Å². The number of benzene rings is 1. The largest absolute Gasteiger partial charge is 0.374 e. The molecule has 3 nitrogen and oxygen atoms in total. The minimum absolute atomic E-state index is 0.143. The first-order valence-electron chi connectivity index (χ1n) is 6.85. The van der Waals surface area contributed by atoms with Crippen LogP contribution >= 0.6 is 15.9 Å². The molecular formula is C15H18BrNO2. The second-order valence-corrected chi connectivity index (χ2v) is 6.34. The molecule has 2 atom stereocenters. The maximum absolute atomic E-state index is 12.7. The van der Waals surface area contributed by atoms with Gasteiger partial charge in [0.05, 0.1) is 18.8 Å². The quantitative estimate of drug-likeness (QED) is 0.794. The average Bonchev–Trinajstić information content (AvgIpc) is 2.84. The number of ether oxygens (including phenoxy) is 1. The van der Waals surface area contributed by atoms with Crippen LogP contribution in [0.5, 0.6) is 0 Å². The van der Waals surface area contributed by atoms with E-state index in [1.807, 2.05) is 30.0 Å². The maximum atomic E-state index is 12.7. The van der Waals surface area contributed by atoms with Crippen molar-refractivity contribution >= 4 is 21.8 Å². The lowest BCUT2D eigenvalue weighted by Gasteiger charge is -2.37. The van der Waals surface area contributed by atoms with Gasteiger partial charge in [0, 0.05) is 16.6 Å². The zero-order valence-electron chi connectivity index (χ0n) is 11.1. The zero-order chi connectivity index (χ0) is 13.4. The molecule has 102 valence electrons. The lowest BCUT2D eigenvalue weighted by Crippen LogP contribution is -2.51. The van der Waals surface area contributed by atoms with Crippen LogP contribution in [0, 0.1) is 6.92 Å². The topological polar surface area (TPSA) is 29.5 Å². The van der Waals surface area contributed by atoms with Crippen LogP contribution in [0.3, 0.4) is 0 Å². The number of aryl methyl sites for hydroxylation is 1. The van der Waals surface area contributed by atoms with Gasteiger partial charge in [-0.2, -0.15) is 0 Å². The number of carbonyl (C=O) groups is 1. The summed E-state index contributed by atoms with van der Waals surface area (Å²) < 4.78 is 6.73. The number of fused-ring (bicyclic) bond motifs is 1. The highest BCUT2D eigenvalue weighted by molar-refractivity contribution is 9.10. The van der Waals surface area contributed by atoms with E-state index < -0.39 is 0 Å². The van der Waals surface area contributed by atoms with Crippen LogP contribution in [-0.2, 0) is 4.74 Å². The number of carbonyl (C=O) groups excluding carboxylic acids is 1. The van der Waals surface area contributed by atoms with Gasteiger partial charge in [-0.05, 0) is 49.9 Å². The second kappa shape index (κ2) is 5.25. The summed E-state index contributed by atoms with van der Waals surface area (Å²) in [7, 11) is 0. The predicted molar refractivity (Wildman–Crippen MR) is 77.3 cm³/mol. The Balaban J connectivity index is 1.86. The van der Waals surface area contributed by atoms with Gasteiger partial charge in [0.2, 0.25) is 0 Å². The van der Waals surface area contributed by atoms with E-state index in [0.29, 0.717) is 13.2 Å². The van der Waals surface area contributed by atoms with E-state index in [4.69, 9.17) is 4.74 Å². The number of hydrogen-bond acceptors (Lipinski definition) is 2. The molecule has 2 aliphatic rings. The third-order valence-electron chi connectivity index (χ3n) is 4.03. The molecule has 1 saturated carbocycles. The van der Waals surface area contributed by atoms with Crippen molar-refractivity contribution in [1.29, 1.82) is 0 Å². The SMILES string of the molecule is Cc1cc(Br)cc(C(=O)N2CCOC3CCCC32)c1. The van der Waals surface area contributed by atoms with Crippen molar-refractivity contribution in [3.63, 3.8) is 0 Å². The Kier molecular flexibility index (Phi) is 3.63. The number of nitrogens with zero attached hydrogens (tertiary/aromatic N) is 1. The first kappa shape index (κ1) is 13.1. The van der Waals surface area contributed by atoms with Crippen molar-refractivity contribution in [3.8, 4) is 0 Å². The molecular weight excluding hydrogens is 306 g/mol. The normalized spacial score (nSPS) is 26.3. The fraction of sp³-hybridized carbons (Fsp3) is 0.533. The van der Waals surface area contributed by atoms with E-state index in [1.165, 1.54) is 0 Å². The van der Waals surface area contributed by atoms with Crippen molar-refractivity contribution < 1.29 is 9.53 Å². The highest BCUT2D eigenvalue weighted by Gasteiger charge is 2.38. The summed E-state index contributed by atoms with van der Waals surface area (Å²) in [5, 5.41) is 0. The first-order valence-corrected chi connectivity index (χ1v) is 7.64. The van der Waals surface area contributed by atoms with Crippen LogP contribution in [0.15, 0.2) is 22.7 Å². The third-order valence-corrected chi connectivity index (χ3v) is 4.49. The maximum Gasteiger partial charge on any atom is 0.254 e. The summed E-state index contributed by atoms with van der Waals surface area (Å²) in [6, 6.07) is 6.18. The minimum atomic E-state index is 0.143. The fourth-order valence-electron chi connectivity index (χ4n) is 3.20. The smallest absolute Gasteiger partial charge is 0.254 e. The molecule has 1 aliphatic heterocycles. The highest BCUT2D eigenvalue weighted by atomic mass is 79.9. The number of amides is 1. The molecule has 1 aromatic carbocycles.